The summed E-state index contributed by atoms with van der Waals surface area (Å²) in [5, 5.41) is 13.6. The third kappa shape index (κ3) is 5.20. The van der Waals surface area contributed by atoms with Crippen LogP contribution in [0.25, 0.3) is 0 Å². The summed E-state index contributed by atoms with van der Waals surface area (Å²) in [4.78, 5) is 26.6. The average Bonchev–Trinajstić information content (AvgIpc) is 3.20. The third-order valence-corrected chi connectivity index (χ3v) is 6.94. The number of imidazole rings is 1. The number of nitrogens with zero attached hydrogens (tertiary/aromatic N) is 3. The number of aryl methyl sites for hydroxylation is 1. The minimum absolute atomic E-state index is 0.104. The Bertz CT molecular complexity index is 1390. The van der Waals surface area contributed by atoms with Crippen molar-refractivity contribution < 1.29 is 31.1 Å². The molecule has 3 aromatic rings. The molecule has 0 aliphatic carbocycles. The van der Waals surface area contributed by atoms with Crippen molar-refractivity contribution in [3.05, 3.63) is 81.8 Å². The molecule has 0 bridgehead atoms. The molecule has 1 aliphatic heterocycles. The van der Waals surface area contributed by atoms with E-state index in [9.17, 15) is 32.1 Å². The maximum absolute atomic E-state index is 13.7. The number of nitro groups is 1. The molecule has 1 unspecified atom stereocenters. The van der Waals surface area contributed by atoms with Gasteiger partial charge in [0.15, 0.2) is 16.8 Å². The Morgan fingerprint density at radius 3 is 2.63 bits per heavy atom. The summed E-state index contributed by atoms with van der Waals surface area (Å²) in [7, 11) is -4.63. The van der Waals surface area contributed by atoms with Crippen molar-refractivity contribution in [2.24, 2.45) is 0 Å². The number of anilines is 1. The Morgan fingerprint density at radius 2 is 1.94 bits per heavy atom. The molecule has 1 amide bonds. The number of amides is 1. The van der Waals surface area contributed by atoms with Crippen molar-refractivity contribution >= 4 is 27.5 Å². The van der Waals surface area contributed by atoms with E-state index >= 15 is 0 Å². The number of aromatic nitrogens is 2. The molecule has 10 nitrogen and oxygen atoms in total. The van der Waals surface area contributed by atoms with Crippen LogP contribution in [-0.4, -0.2) is 34.9 Å². The maximum atomic E-state index is 13.7. The fourth-order valence-corrected chi connectivity index (χ4v) is 5.18. The van der Waals surface area contributed by atoms with Gasteiger partial charge in [-0.15, -0.1) is 0 Å². The van der Waals surface area contributed by atoms with Crippen molar-refractivity contribution in [3.8, 4) is 0 Å². The third-order valence-electron chi connectivity index (χ3n) is 5.52. The SMILES string of the molecule is C[C@@H](OS(=O)(=O)c1ccccc1[N+](=O)[O-])C(=O)Nc1cn2c(n1)CCCC2c1cc(F)cc(F)c1. The van der Waals surface area contributed by atoms with Gasteiger partial charge in [-0.2, -0.15) is 8.42 Å². The number of para-hydroxylation sites is 1. The number of hydrogen-bond donors (Lipinski definition) is 1. The fourth-order valence-electron chi connectivity index (χ4n) is 3.97. The van der Waals surface area contributed by atoms with E-state index in [4.69, 9.17) is 4.18 Å². The summed E-state index contributed by atoms with van der Waals surface area (Å²) >= 11 is 0. The highest BCUT2D eigenvalue weighted by Gasteiger charge is 2.31. The lowest BCUT2D eigenvalue weighted by molar-refractivity contribution is -0.387. The number of carbonyl (C=O) groups excluding carboxylic acids is 1. The van der Waals surface area contributed by atoms with Crippen molar-refractivity contribution in [2.75, 3.05) is 5.32 Å². The summed E-state index contributed by atoms with van der Waals surface area (Å²) in [6.45, 7) is 1.18. The molecule has 2 aromatic carbocycles. The predicted octanol–water partition coefficient (Wildman–Crippen LogP) is 3.73. The minimum Gasteiger partial charge on any atom is -0.325 e. The Kier molecular flexibility index (Phi) is 6.63. The zero-order valence-electron chi connectivity index (χ0n) is 18.4. The van der Waals surface area contributed by atoms with Gasteiger partial charge in [-0.1, -0.05) is 12.1 Å². The molecule has 0 spiro atoms. The molecule has 4 rings (SSSR count). The maximum Gasteiger partial charge on any atom is 0.304 e. The highest BCUT2D eigenvalue weighted by atomic mass is 32.2. The highest BCUT2D eigenvalue weighted by molar-refractivity contribution is 7.87. The molecule has 13 heteroatoms. The normalized spacial score (nSPS) is 16.4. The second-order valence-electron chi connectivity index (χ2n) is 7.97. The van der Waals surface area contributed by atoms with Crippen LogP contribution in [0.2, 0.25) is 0 Å². The second-order valence-corrected chi connectivity index (χ2v) is 9.51. The topological polar surface area (TPSA) is 133 Å². The molecule has 184 valence electrons. The van der Waals surface area contributed by atoms with Crippen LogP contribution < -0.4 is 5.32 Å². The number of carbonyl (C=O) groups is 1. The molecule has 0 saturated carbocycles. The zero-order chi connectivity index (χ0) is 25.3. The lowest BCUT2D eigenvalue weighted by Crippen LogP contribution is -2.30. The van der Waals surface area contributed by atoms with Gasteiger partial charge >= 0.3 is 10.1 Å². The first-order valence-corrected chi connectivity index (χ1v) is 12.0. The van der Waals surface area contributed by atoms with Gasteiger partial charge < -0.3 is 9.88 Å². The number of rotatable bonds is 7. The molecule has 0 radical (unpaired) electrons. The van der Waals surface area contributed by atoms with Crippen LogP contribution in [0, 0.1) is 21.7 Å². The smallest absolute Gasteiger partial charge is 0.304 e. The molecule has 1 aliphatic rings. The fraction of sp³-hybridized carbons (Fsp3) is 0.273. The van der Waals surface area contributed by atoms with E-state index in [-0.39, 0.29) is 5.82 Å². The Labute approximate surface area is 198 Å². The number of halogens is 2. The standard InChI is InChI=1S/C22H20F2N4O6S/c1-13(34-35(32,33)19-7-3-2-5-18(19)28(30)31)22(29)26-20-12-27-17(6-4-8-21(27)25-20)14-9-15(23)11-16(24)10-14/h2-3,5,7,9-13,17H,4,6,8H2,1H3,(H,26,29)/t13-,17?/m1/s1. The van der Waals surface area contributed by atoms with Gasteiger partial charge in [-0.25, -0.2) is 13.8 Å². The van der Waals surface area contributed by atoms with Gasteiger partial charge in [0.05, 0.1) is 11.0 Å². The number of nitro benzene ring substituents is 1. The van der Waals surface area contributed by atoms with E-state index in [1.807, 2.05) is 0 Å². The van der Waals surface area contributed by atoms with Gasteiger partial charge in [0, 0.05) is 24.8 Å². The van der Waals surface area contributed by atoms with Gasteiger partial charge in [0.25, 0.3) is 11.6 Å². The number of benzene rings is 2. The number of nitrogens with one attached hydrogen (secondary N) is 1. The molecular weight excluding hydrogens is 486 g/mol. The van der Waals surface area contributed by atoms with Crippen molar-refractivity contribution in [3.63, 3.8) is 0 Å². The van der Waals surface area contributed by atoms with E-state index in [1.165, 1.54) is 37.4 Å². The average molecular weight is 506 g/mol. The van der Waals surface area contributed by atoms with Crippen LogP contribution in [-0.2, 0) is 25.5 Å². The van der Waals surface area contributed by atoms with Gasteiger partial charge in [-0.05, 0) is 43.5 Å². The van der Waals surface area contributed by atoms with E-state index in [0.29, 0.717) is 30.7 Å². The first-order valence-electron chi connectivity index (χ1n) is 10.6. The van der Waals surface area contributed by atoms with Gasteiger partial charge in [0.2, 0.25) is 0 Å². The second kappa shape index (κ2) is 9.50. The van der Waals surface area contributed by atoms with Crippen molar-refractivity contribution in [1.82, 2.24) is 9.55 Å². The zero-order valence-corrected chi connectivity index (χ0v) is 19.2. The molecule has 0 fully saturated rings. The Balaban J connectivity index is 1.51. The summed E-state index contributed by atoms with van der Waals surface area (Å²) in [5.74, 6) is -1.57. The molecule has 1 aromatic heterocycles. The van der Waals surface area contributed by atoms with Crippen LogP contribution in [0.5, 0.6) is 0 Å². The Hall–Kier alpha value is -3.71. The molecule has 2 heterocycles. The summed E-state index contributed by atoms with van der Waals surface area (Å²) in [6.07, 6.45) is 1.85. The summed E-state index contributed by atoms with van der Waals surface area (Å²) in [6, 6.07) is 7.49. The van der Waals surface area contributed by atoms with Gasteiger partial charge in [-0.3, -0.25) is 19.1 Å². The number of fused-ring (bicyclic) bond motifs is 1. The predicted molar refractivity (Wildman–Crippen MR) is 119 cm³/mol. The Morgan fingerprint density at radius 1 is 1.26 bits per heavy atom. The molecule has 1 N–H and O–H groups in total. The van der Waals surface area contributed by atoms with E-state index in [2.05, 4.69) is 10.3 Å². The monoisotopic (exact) mass is 506 g/mol. The molecular formula is C22H20F2N4O6S. The first kappa shape index (κ1) is 24.4. The van der Waals surface area contributed by atoms with Crippen molar-refractivity contribution in [2.45, 2.75) is 43.2 Å². The van der Waals surface area contributed by atoms with Crippen LogP contribution in [0.1, 0.15) is 37.2 Å². The van der Waals surface area contributed by atoms with Crippen LogP contribution in [0.4, 0.5) is 20.3 Å². The number of hydrogen-bond acceptors (Lipinski definition) is 7. The summed E-state index contributed by atoms with van der Waals surface area (Å²) in [5.41, 5.74) is -0.257. The van der Waals surface area contributed by atoms with E-state index in [0.717, 1.165) is 18.2 Å². The first-order chi connectivity index (χ1) is 16.5. The molecule has 2 atom stereocenters. The van der Waals surface area contributed by atoms with Crippen LogP contribution in [0.15, 0.2) is 53.6 Å². The quantitative estimate of drug-likeness (QED) is 0.293. The van der Waals surface area contributed by atoms with Crippen LogP contribution in [0.3, 0.4) is 0 Å². The largest absolute Gasteiger partial charge is 0.325 e. The van der Waals surface area contributed by atoms with Crippen LogP contribution >= 0.6 is 0 Å². The minimum atomic E-state index is -4.63. The molecule has 0 saturated heterocycles. The lowest BCUT2D eigenvalue weighted by Gasteiger charge is -2.25. The van der Waals surface area contributed by atoms with Gasteiger partial charge in [0.1, 0.15) is 17.5 Å². The van der Waals surface area contributed by atoms with E-state index < -0.39 is 55.3 Å². The lowest BCUT2D eigenvalue weighted by atomic mass is 9.97. The highest BCUT2D eigenvalue weighted by Crippen LogP contribution is 2.33. The summed E-state index contributed by atoms with van der Waals surface area (Å²) < 4.78 is 59.2. The molecule has 35 heavy (non-hydrogen) atoms. The van der Waals surface area contributed by atoms with E-state index in [1.54, 1.807) is 4.57 Å². The van der Waals surface area contributed by atoms with Crippen molar-refractivity contribution in [1.29, 1.82) is 0 Å².